The number of benzene rings is 2. The normalized spacial score (nSPS) is 11.8. The van der Waals surface area contributed by atoms with Crippen molar-refractivity contribution in [1.82, 2.24) is 0 Å². The molecule has 0 spiro atoms. The molecule has 118 valence electrons. The Hall–Kier alpha value is 0.130. The molecule has 0 atom stereocenters. The highest BCUT2D eigenvalue weighted by Crippen LogP contribution is 2.46. The molecular formula is C13H6Cl6O2S. The molecule has 0 saturated heterocycles. The molecule has 0 N–H and O–H groups in total. The van der Waals surface area contributed by atoms with E-state index >= 15 is 0 Å². The molecule has 0 radical (unpaired) electrons. The first-order valence-corrected chi connectivity index (χ1v) is 9.72. The van der Waals surface area contributed by atoms with Gasteiger partial charge in [-0.25, -0.2) is 8.42 Å². The quantitative estimate of drug-likeness (QED) is 0.490. The van der Waals surface area contributed by atoms with Crippen LogP contribution in [-0.4, -0.2) is 14.7 Å². The SMILES string of the molecule is CS(=O)(=O)c1cc(Cl)c(-c2cc(Cl)c(Cl)cc2Cl)c(Cl)c1Cl. The Kier molecular flexibility index (Phi) is 5.51. The summed E-state index contributed by atoms with van der Waals surface area (Å²) in [5, 5.41) is 0.676. The van der Waals surface area contributed by atoms with Crippen LogP contribution in [0.5, 0.6) is 0 Å². The summed E-state index contributed by atoms with van der Waals surface area (Å²) in [5.41, 5.74) is 0.678. The van der Waals surface area contributed by atoms with E-state index in [0.717, 1.165) is 6.26 Å². The second kappa shape index (κ2) is 6.56. The maximum atomic E-state index is 11.7. The second-order valence-electron chi connectivity index (χ2n) is 4.38. The van der Waals surface area contributed by atoms with Crippen molar-refractivity contribution in [2.75, 3.05) is 6.26 Å². The fourth-order valence-corrected chi connectivity index (χ4v) is 4.55. The van der Waals surface area contributed by atoms with Gasteiger partial charge in [0.05, 0.1) is 35.0 Å². The zero-order valence-electron chi connectivity index (χ0n) is 10.7. The van der Waals surface area contributed by atoms with E-state index in [1.165, 1.54) is 18.2 Å². The van der Waals surface area contributed by atoms with Crippen LogP contribution in [-0.2, 0) is 9.84 Å². The molecule has 0 aliphatic heterocycles. The van der Waals surface area contributed by atoms with Crippen molar-refractivity contribution in [3.05, 3.63) is 48.3 Å². The average molecular weight is 439 g/mol. The predicted molar refractivity (Wildman–Crippen MR) is 95.0 cm³/mol. The van der Waals surface area contributed by atoms with Gasteiger partial charge in [0.2, 0.25) is 0 Å². The molecule has 0 amide bonds. The summed E-state index contributed by atoms with van der Waals surface area (Å²) >= 11 is 36.4. The van der Waals surface area contributed by atoms with Crippen molar-refractivity contribution in [2.24, 2.45) is 0 Å². The van der Waals surface area contributed by atoms with Gasteiger partial charge in [-0.2, -0.15) is 0 Å². The first-order valence-electron chi connectivity index (χ1n) is 5.56. The van der Waals surface area contributed by atoms with Crippen molar-refractivity contribution >= 4 is 79.4 Å². The molecule has 2 nitrogen and oxygen atoms in total. The predicted octanol–water partition coefficient (Wildman–Crippen LogP) is 6.68. The Morgan fingerprint density at radius 2 is 1.27 bits per heavy atom. The van der Waals surface area contributed by atoms with Crippen LogP contribution in [0.25, 0.3) is 11.1 Å². The zero-order valence-corrected chi connectivity index (χ0v) is 16.1. The van der Waals surface area contributed by atoms with Crippen molar-refractivity contribution in [1.29, 1.82) is 0 Å². The van der Waals surface area contributed by atoms with Gasteiger partial charge < -0.3 is 0 Å². The number of hydrogen-bond donors (Lipinski definition) is 0. The molecule has 0 heterocycles. The Labute approximate surface area is 157 Å². The molecule has 0 saturated carbocycles. The van der Waals surface area contributed by atoms with Crippen LogP contribution < -0.4 is 0 Å². The molecule has 0 fully saturated rings. The van der Waals surface area contributed by atoms with Crippen LogP contribution in [0, 0.1) is 0 Å². The summed E-state index contributed by atoms with van der Waals surface area (Å²) in [5.74, 6) is 0. The minimum absolute atomic E-state index is 0.0325. The van der Waals surface area contributed by atoms with E-state index in [2.05, 4.69) is 0 Å². The largest absolute Gasteiger partial charge is 0.224 e. The fourth-order valence-electron chi connectivity index (χ4n) is 1.80. The van der Waals surface area contributed by atoms with Crippen LogP contribution in [0.15, 0.2) is 23.1 Å². The van der Waals surface area contributed by atoms with E-state index in [9.17, 15) is 8.42 Å². The average Bonchev–Trinajstić information content (AvgIpc) is 2.38. The van der Waals surface area contributed by atoms with Gasteiger partial charge in [0.25, 0.3) is 0 Å². The van der Waals surface area contributed by atoms with Crippen LogP contribution in [0.3, 0.4) is 0 Å². The summed E-state index contributed by atoms with van der Waals surface area (Å²) < 4.78 is 23.4. The van der Waals surface area contributed by atoms with Gasteiger partial charge in [0.1, 0.15) is 0 Å². The van der Waals surface area contributed by atoms with E-state index < -0.39 is 9.84 Å². The van der Waals surface area contributed by atoms with Gasteiger partial charge in [-0.05, 0) is 18.2 Å². The molecule has 2 aromatic carbocycles. The number of halogens is 6. The number of hydrogen-bond acceptors (Lipinski definition) is 2. The minimum Gasteiger partial charge on any atom is -0.224 e. The molecule has 9 heteroatoms. The summed E-state index contributed by atoms with van der Waals surface area (Å²) in [6.45, 7) is 0. The maximum absolute atomic E-state index is 11.7. The molecule has 2 aromatic rings. The Bertz CT molecular complexity index is 877. The number of sulfone groups is 1. The monoisotopic (exact) mass is 436 g/mol. The summed E-state index contributed by atoms with van der Waals surface area (Å²) in [4.78, 5) is -0.163. The first-order chi connectivity index (χ1) is 10.0. The lowest BCUT2D eigenvalue weighted by Crippen LogP contribution is -2.00. The lowest BCUT2D eigenvalue weighted by atomic mass is 10.1. The molecule has 0 aliphatic carbocycles. The summed E-state index contributed by atoms with van der Waals surface area (Å²) in [6.07, 6.45) is 1.01. The molecule has 2 rings (SSSR count). The highest BCUT2D eigenvalue weighted by Gasteiger charge is 2.23. The third kappa shape index (κ3) is 3.46. The Balaban J connectivity index is 2.84. The third-order valence-corrected chi connectivity index (χ3v) is 6.24. The molecule has 0 bridgehead atoms. The lowest BCUT2D eigenvalue weighted by Gasteiger charge is -2.14. The molecular weight excluding hydrogens is 433 g/mol. The summed E-state index contributed by atoms with van der Waals surface area (Å²) in [6, 6.07) is 4.14. The van der Waals surface area contributed by atoms with Gasteiger partial charge in [-0.3, -0.25) is 0 Å². The van der Waals surface area contributed by atoms with E-state index in [4.69, 9.17) is 69.6 Å². The minimum atomic E-state index is -3.58. The maximum Gasteiger partial charge on any atom is 0.177 e. The highest BCUT2D eigenvalue weighted by atomic mass is 35.5. The zero-order chi connectivity index (χ0) is 16.8. The molecule has 0 aromatic heterocycles. The second-order valence-corrected chi connectivity index (χ2v) is 8.75. The van der Waals surface area contributed by atoms with Crippen molar-refractivity contribution in [3.63, 3.8) is 0 Å². The lowest BCUT2D eigenvalue weighted by molar-refractivity contribution is 0.602. The number of rotatable bonds is 2. The van der Waals surface area contributed by atoms with Gasteiger partial charge >= 0.3 is 0 Å². The fraction of sp³-hybridized carbons (Fsp3) is 0.0769. The van der Waals surface area contributed by atoms with Crippen LogP contribution in [0.2, 0.25) is 30.1 Å². The van der Waals surface area contributed by atoms with Crippen LogP contribution in [0.4, 0.5) is 0 Å². The van der Waals surface area contributed by atoms with Crippen molar-refractivity contribution < 1.29 is 8.42 Å². The Morgan fingerprint density at radius 3 is 1.82 bits per heavy atom. The molecule has 22 heavy (non-hydrogen) atoms. The van der Waals surface area contributed by atoms with Gasteiger partial charge in [0.15, 0.2) is 9.84 Å². The van der Waals surface area contributed by atoms with Gasteiger partial charge in [-0.15, -0.1) is 0 Å². The Morgan fingerprint density at radius 1 is 0.727 bits per heavy atom. The topological polar surface area (TPSA) is 34.1 Å². The van der Waals surface area contributed by atoms with E-state index in [0.29, 0.717) is 5.56 Å². The molecule has 0 aliphatic rings. The smallest absolute Gasteiger partial charge is 0.177 e. The summed E-state index contributed by atoms with van der Waals surface area (Å²) in [7, 11) is -3.58. The van der Waals surface area contributed by atoms with Crippen LogP contribution in [0.1, 0.15) is 0 Å². The third-order valence-electron chi connectivity index (χ3n) is 2.80. The molecule has 0 unspecified atom stereocenters. The van der Waals surface area contributed by atoms with Crippen LogP contribution >= 0.6 is 69.6 Å². The van der Waals surface area contributed by atoms with E-state index in [1.807, 2.05) is 0 Å². The van der Waals surface area contributed by atoms with Crippen molar-refractivity contribution in [2.45, 2.75) is 4.90 Å². The standard InChI is InChI=1S/C13H6Cl6O2S/c1-22(20,21)10-4-9(17)11(13(19)12(10)18)5-2-7(15)8(16)3-6(5)14/h2-4H,1H3. The highest BCUT2D eigenvalue weighted by molar-refractivity contribution is 7.90. The van der Waals surface area contributed by atoms with Crippen molar-refractivity contribution in [3.8, 4) is 11.1 Å². The van der Waals surface area contributed by atoms with E-state index in [1.54, 1.807) is 0 Å². The van der Waals surface area contributed by atoms with Gasteiger partial charge in [-0.1, -0.05) is 69.6 Å². The first kappa shape index (κ1) is 18.5. The van der Waals surface area contributed by atoms with Gasteiger partial charge in [0, 0.05) is 17.4 Å². The van der Waals surface area contributed by atoms with E-state index in [-0.39, 0.29) is 40.6 Å².